The normalized spacial score (nSPS) is 12.0. The molecule has 0 amide bonds. The SMILES string of the molecule is CCOc1ccc(S(=O)(=O)NCCCN(CC)CC)c2ccccc12. The van der Waals surface area contributed by atoms with Gasteiger partial charge in [0.05, 0.1) is 11.5 Å². The predicted molar refractivity (Wildman–Crippen MR) is 103 cm³/mol. The van der Waals surface area contributed by atoms with Crippen molar-refractivity contribution in [2.45, 2.75) is 32.1 Å². The number of fused-ring (bicyclic) bond motifs is 1. The van der Waals surface area contributed by atoms with Crippen molar-refractivity contribution in [3.05, 3.63) is 36.4 Å². The minimum atomic E-state index is -3.55. The van der Waals surface area contributed by atoms with Crippen molar-refractivity contribution in [1.29, 1.82) is 0 Å². The highest BCUT2D eigenvalue weighted by Gasteiger charge is 2.18. The molecule has 2 aromatic carbocycles. The lowest BCUT2D eigenvalue weighted by Gasteiger charge is -2.18. The van der Waals surface area contributed by atoms with Crippen molar-refractivity contribution in [2.75, 3.05) is 32.8 Å². The first-order valence-electron chi connectivity index (χ1n) is 8.90. The number of ether oxygens (including phenoxy) is 1. The predicted octanol–water partition coefficient (Wildman–Crippen LogP) is 3.25. The van der Waals surface area contributed by atoms with Gasteiger partial charge in [0.25, 0.3) is 0 Å². The summed E-state index contributed by atoms with van der Waals surface area (Å²) in [5.74, 6) is 0.707. The molecule has 1 N–H and O–H groups in total. The maximum absolute atomic E-state index is 12.7. The number of hydrogen-bond donors (Lipinski definition) is 1. The third-order valence-electron chi connectivity index (χ3n) is 4.27. The van der Waals surface area contributed by atoms with E-state index in [2.05, 4.69) is 23.5 Å². The van der Waals surface area contributed by atoms with Crippen molar-refractivity contribution in [3.63, 3.8) is 0 Å². The van der Waals surface area contributed by atoms with E-state index in [1.54, 1.807) is 12.1 Å². The number of nitrogens with one attached hydrogen (secondary N) is 1. The van der Waals surface area contributed by atoms with Gasteiger partial charge in [-0.15, -0.1) is 0 Å². The molecule has 5 nitrogen and oxygen atoms in total. The molecule has 2 rings (SSSR count). The molecular weight excluding hydrogens is 336 g/mol. The molecule has 0 bridgehead atoms. The third kappa shape index (κ3) is 4.93. The van der Waals surface area contributed by atoms with E-state index in [0.717, 1.165) is 31.4 Å². The summed E-state index contributed by atoms with van der Waals surface area (Å²) < 4.78 is 33.8. The van der Waals surface area contributed by atoms with Crippen LogP contribution in [0.5, 0.6) is 5.75 Å². The number of benzene rings is 2. The van der Waals surface area contributed by atoms with Crippen LogP contribution in [-0.2, 0) is 10.0 Å². The minimum Gasteiger partial charge on any atom is -0.493 e. The quantitative estimate of drug-likeness (QED) is 0.658. The van der Waals surface area contributed by atoms with Crippen molar-refractivity contribution < 1.29 is 13.2 Å². The summed E-state index contributed by atoms with van der Waals surface area (Å²) in [6.45, 7) is 9.95. The molecule has 0 aliphatic carbocycles. The second kappa shape index (κ2) is 9.17. The Morgan fingerprint density at radius 3 is 2.32 bits per heavy atom. The molecule has 0 atom stereocenters. The smallest absolute Gasteiger partial charge is 0.241 e. The number of rotatable bonds is 10. The van der Waals surface area contributed by atoms with Gasteiger partial charge in [-0.25, -0.2) is 13.1 Å². The Morgan fingerprint density at radius 1 is 1.00 bits per heavy atom. The van der Waals surface area contributed by atoms with Gasteiger partial charge in [-0.05, 0) is 45.1 Å². The number of nitrogens with zero attached hydrogens (tertiary/aromatic N) is 1. The zero-order valence-corrected chi connectivity index (χ0v) is 16.1. The first-order chi connectivity index (χ1) is 12.0. The molecule has 6 heteroatoms. The highest BCUT2D eigenvalue weighted by molar-refractivity contribution is 7.89. The Bertz CT molecular complexity index is 786. The van der Waals surface area contributed by atoms with Gasteiger partial charge >= 0.3 is 0 Å². The van der Waals surface area contributed by atoms with E-state index >= 15 is 0 Å². The van der Waals surface area contributed by atoms with Gasteiger partial charge in [-0.1, -0.05) is 38.1 Å². The number of hydrogen-bond acceptors (Lipinski definition) is 4. The summed E-state index contributed by atoms with van der Waals surface area (Å²) >= 11 is 0. The van der Waals surface area contributed by atoms with Gasteiger partial charge in [0.15, 0.2) is 0 Å². The lowest BCUT2D eigenvalue weighted by atomic mass is 10.1. The van der Waals surface area contributed by atoms with Crippen LogP contribution < -0.4 is 9.46 Å². The summed E-state index contributed by atoms with van der Waals surface area (Å²) in [4.78, 5) is 2.58. The monoisotopic (exact) mass is 364 g/mol. The van der Waals surface area contributed by atoms with Crippen LogP contribution in [0.3, 0.4) is 0 Å². The third-order valence-corrected chi connectivity index (χ3v) is 5.79. The van der Waals surface area contributed by atoms with E-state index in [-0.39, 0.29) is 0 Å². The van der Waals surface area contributed by atoms with Crippen molar-refractivity contribution >= 4 is 20.8 Å². The largest absolute Gasteiger partial charge is 0.493 e. The fourth-order valence-electron chi connectivity index (χ4n) is 2.89. The van der Waals surface area contributed by atoms with Gasteiger partial charge in [0.2, 0.25) is 10.0 Å². The van der Waals surface area contributed by atoms with Crippen LogP contribution in [0.2, 0.25) is 0 Å². The van der Waals surface area contributed by atoms with Gasteiger partial charge in [-0.3, -0.25) is 0 Å². The molecular formula is C19H28N2O3S. The molecule has 0 saturated carbocycles. The lowest BCUT2D eigenvalue weighted by Crippen LogP contribution is -2.30. The average molecular weight is 365 g/mol. The highest BCUT2D eigenvalue weighted by atomic mass is 32.2. The maximum Gasteiger partial charge on any atom is 0.241 e. The van der Waals surface area contributed by atoms with Crippen molar-refractivity contribution in [1.82, 2.24) is 9.62 Å². The summed E-state index contributed by atoms with van der Waals surface area (Å²) in [5, 5.41) is 1.50. The standard InChI is InChI=1S/C19H28N2O3S/c1-4-21(5-2)15-9-14-20-25(22,23)19-13-12-18(24-6-3)16-10-7-8-11-17(16)19/h7-8,10-13,20H,4-6,9,14-15H2,1-3H3. The zero-order valence-electron chi connectivity index (χ0n) is 15.3. The van der Waals surface area contributed by atoms with Crippen LogP contribution in [0.25, 0.3) is 10.8 Å². The maximum atomic E-state index is 12.7. The molecule has 0 aliphatic rings. The second-order valence-corrected chi connectivity index (χ2v) is 7.55. The highest BCUT2D eigenvalue weighted by Crippen LogP contribution is 2.30. The molecule has 0 aliphatic heterocycles. The molecule has 0 radical (unpaired) electrons. The van der Waals surface area contributed by atoms with Crippen LogP contribution in [0.15, 0.2) is 41.3 Å². The van der Waals surface area contributed by atoms with Crippen molar-refractivity contribution in [3.8, 4) is 5.75 Å². The Morgan fingerprint density at radius 2 is 1.68 bits per heavy atom. The molecule has 0 fully saturated rings. The minimum absolute atomic E-state index is 0.300. The molecule has 25 heavy (non-hydrogen) atoms. The molecule has 0 heterocycles. The molecule has 138 valence electrons. The van der Waals surface area contributed by atoms with Crippen LogP contribution in [0.1, 0.15) is 27.2 Å². The molecule has 0 spiro atoms. The fourth-order valence-corrected chi connectivity index (χ4v) is 4.17. The van der Waals surface area contributed by atoms with Crippen LogP contribution in [0.4, 0.5) is 0 Å². The molecule has 2 aromatic rings. The Balaban J connectivity index is 2.18. The fraction of sp³-hybridized carbons (Fsp3) is 0.474. The Hall–Kier alpha value is -1.63. The molecule has 0 aromatic heterocycles. The van der Waals surface area contributed by atoms with Crippen LogP contribution in [-0.4, -0.2) is 46.1 Å². The summed E-state index contributed by atoms with van der Waals surface area (Å²) in [7, 11) is -3.55. The Kier molecular flexibility index (Phi) is 7.23. The number of sulfonamides is 1. The van der Waals surface area contributed by atoms with E-state index < -0.39 is 10.0 Å². The van der Waals surface area contributed by atoms with E-state index in [0.29, 0.717) is 29.2 Å². The van der Waals surface area contributed by atoms with E-state index in [4.69, 9.17) is 4.74 Å². The summed E-state index contributed by atoms with van der Waals surface area (Å²) in [6, 6.07) is 10.8. The summed E-state index contributed by atoms with van der Waals surface area (Å²) in [5.41, 5.74) is 0. The van der Waals surface area contributed by atoms with Gasteiger partial charge < -0.3 is 9.64 Å². The first-order valence-corrected chi connectivity index (χ1v) is 10.4. The first kappa shape index (κ1) is 19.7. The average Bonchev–Trinajstić information content (AvgIpc) is 2.62. The van der Waals surface area contributed by atoms with Gasteiger partial charge in [0, 0.05) is 17.3 Å². The van der Waals surface area contributed by atoms with Crippen LogP contribution in [0, 0.1) is 0 Å². The Labute approximate surface area is 151 Å². The second-order valence-electron chi connectivity index (χ2n) is 5.82. The van der Waals surface area contributed by atoms with Crippen molar-refractivity contribution in [2.24, 2.45) is 0 Å². The van der Waals surface area contributed by atoms with E-state index in [1.807, 2.05) is 31.2 Å². The summed E-state index contributed by atoms with van der Waals surface area (Å²) in [6.07, 6.45) is 0.788. The molecule has 0 saturated heterocycles. The molecule has 0 unspecified atom stereocenters. The van der Waals surface area contributed by atoms with E-state index in [1.165, 1.54) is 0 Å². The van der Waals surface area contributed by atoms with Gasteiger partial charge in [0.1, 0.15) is 5.75 Å². The van der Waals surface area contributed by atoms with Gasteiger partial charge in [-0.2, -0.15) is 0 Å². The van der Waals surface area contributed by atoms with Crippen LogP contribution >= 0.6 is 0 Å². The topological polar surface area (TPSA) is 58.6 Å². The van der Waals surface area contributed by atoms with E-state index in [9.17, 15) is 8.42 Å². The zero-order chi connectivity index (χ0) is 18.3. The lowest BCUT2D eigenvalue weighted by molar-refractivity contribution is 0.300.